The number of amides is 1. The van der Waals surface area contributed by atoms with Gasteiger partial charge in [-0.2, -0.15) is 0 Å². The van der Waals surface area contributed by atoms with Gasteiger partial charge in [-0.15, -0.1) is 10.2 Å². The second kappa shape index (κ2) is 8.19. The van der Waals surface area contributed by atoms with Crippen molar-refractivity contribution in [3.8, 4) is 11.5 Å². The summed E-state index contributed by atoms with van der Waals surface area (Å²) in [5.41, 5.74) is 3.26. The molecule has 3 aromatic rings. The predicted molar refractivity (Wildman–Crippen MR) is 115 cm³/mol. The van der Waals surface area contributed by atoms with Gasteiger partial charge in [0.2, 0.25) is 5.13 Å². The fraction of sp³-hybridized carbons (Fsp3) is 0.182. The van der Waals surface area contributed by atoms with Crippen molar-refractivity contribution in [2.75, 3.05) is 11.5 Å². The first-order valence-corrected chi connectivity index (χ1v) is 10.4. The molecule has 2 heterocycles. The Kier molecular flexibility index (Phi) is 5.43. The number of carbonyl (C=O) groups excluding carboxylic acids is 2. The number of hydrogen-bond donors (Lipinski definition) is 2. The molecule has 0 aliphatic carbocycles. The Bertz CT molecular complexity index is 1170. The third-order valence-corrected chi connectivity index (χ3v) is 5.61. The van der Waals surface area contributed by atoms with Crippen molar-refractivity contribution in [3.63, 3.8) is 0 Å². The van der Waals surface area contributed by atoms with Crippen LogP contribution in [0, 0.1) is 6.92 Å². The minimum atomic E-state index is -0.964. The van der Waals surface area contributed by atoms with E-state index in [0.29, 0.717) is 17.7 Å². The minimum Gasteiger partial charge on any atom is -0.507 e. The number of carbonyl (C=O) groups is 2. The van der Waals surface area contributed by atoms with Crippen molar-refractivity contribution in [2.45, 2.75) is 19.9 Å². The highest BCUT2D eigenvalue weighted by molar-refractivity contribution is 7.13. The summed E-state index contributed by atoms with van der Waals surface area (Å²) >= 11 is 1.10. The number of Topliss-reactive ketones (excluding diaryl/α,β-unsaturated/α-hetero) is 1. The topological polar surface area (TPSA) is 113 Å². The summed E-state index contributed by atoms with van der Waals surface area (Å²) in [5.74, 6) is -1.80. The normalized spacial score (nSPS) is 17.9. The third kappa shape index (κ3) is 3.64. The lowest BCUT2D eigenvalue weighted by atomic mass is 9.95. The van der Waals surface area contributed by atoms with Gasteiger partial charge in [0, 0.05) is 5.56 Å². The average Bonchev–Trinajstić information content (AvgIpc) is 3.37. The molecule has 1 atom stereocenters. The van der Waals surface area contributed by atoms with E-state index in [1.54, 1.807) is 43.3 Å². The summed E-state index contributed by atoms with van der Waals surface area (Å²) in [6.45, 7) is 4.00. The van der Waals surface area contributed by atoms with Crippen LogP contribution in [0.3, 0.4) is 0 Å². The summed E-state index contributed by atoms with van der Waals surface area (Å²) < 4.78 is 5.47. The standard InChI is InChI=1S/C22H19N3O5S/c1-3-30-16-10-14(8-9-15(16)26)18-17(19(27)13-6-4-12(2)5-7-13)20(28)21(29)25(18)22-24-23-11-31-22/h4-11,18,26-27H,3H2,1-2H3/t18-/m0/s1. The van der Waals surface area contributed by atoms with E-state index in [1.807, 2.05) is 6.92 Å². The van der Waals surface area contributed by atoms with E-state index < -0.39 is 17.7 Å². The van der Waals surface area contributed by atoms with Crippen LogP contribution in [-0.2, 0) is 9.59 Å². The van der Waals surface area contributed by atoms with E-state index in [-0.39, 0.29) is 28.0 Å². The number of phenolic OH excluding ortho intramolecular Hbond substituents is 1. The highest BCUT2D eigenvalue weighted by Crippen LogP contribution is 2.44. The highest BCUT2D eigenvalue weighted by atomic mass is 32.1. The number of anilines is 1. The van der Waals surface area contributed by atoms with E-state index >= 15 is 0 Å². The number of rotatable bonds is 5. The Morgan fingerprint density at radius 2 is 1.94 bits per heavy atom. The van der Waals surface area contributed by atoms with E-state index in [1.165, 1.54) is 16.5 Å². The molecule has 1 aromatic heterocycles. The first-order chi connectivity index (χ1) is 14.9. The van der Waals surface area contributed by atoms with Crippen LogP contribution in [0.2, 0.25) is 0 Å². The number of aliphatic hydroxyl groups is 1. The van der Waals surface area contributed by atoms with Gasteiger partial charge in [0.05, 0.1) is 18.2 Å². The molecule has 2 aromatic carbocycles. The van der Waals surface area contributed by atoms with Crippen LogP contribution in [0.15, 0.2) is 53.5 Å². The van der Waals surface area contributed by atoms with Gasteiger partial charge in [0.15, 0.2) is 11.5 Å². The largest absolute Gasteiger partial charge is 0.507 e. The maximum absolute atomic E-state index is 13.0. The maximum atomic E-state index is 13.0. The zero-order valence-electron chi connectivity index (χ0n) is 16.8. The van der Waals surface area contributed by atoms with Gasteiger partial charge in [-0.3, -0.25) is 14.5 Å². The molecule has 0 radical (unpaired) electrons. The van der Waals surface area contributed by atoms with Crippen molar-refractivity contribution in [2.24, 2.45) is 0 Å². The van der Waals surface area contributed by atoms with Gasteiger partial charge >= 0.3 is 5.91 Å². The number of hydrogen-bond acceptors (Lipinski definition) is 8. The van der Waals surface area contributed by atoms with Crippen LogP contribution in [0.4, 0.5) is 5.13 Å². The van der Waals surface area contributed by atoms with Crippen LogP contribution in [0.5, 0.6) is 11.5 Å². The SMILES string of the molecule is CCOc1cc([C@H]2C(=C(O)c3ccc(C)cc3)C(=O)C(=O)N2c2nncs2)ccc1O. The van der Waals surface area contributed by atoms with Crippen LogP contribution in [0.1, 0.15) is 29.7 Å². The fourth-order valence-corrected chi connectivity index (χ4v) is 4.04. The van der Waals surface area contributed by atoms with Crippen LogP contribution >= 0.6 is 11.3 Å². The smallest absolute Gasteiger partial charge is 0.301 e. The summed E-state index contributed by atoms with van der Waals surface area (Å²) in [4.78, 5) is 27.2. The summed E-state index contributed by atoms with van der Waals surface area (Å²) in [6.07, 6.45) is 0. The molecule has 1 saturated heterocycles. The van der Waals surface area contributed by atoms with Gasteiger partial charge in [0.1, 0.15) is 11.3 Å². The van der Waals surface area contributed by atoms with Crippen LogP contribution < -0.4 is 9.64 Å². The molecular weight excluding hydrogens is 418 g/mol. The third-order valence-electron chi connectivity index (χ3n) is 4.92. The van der Waals surface area contributed by atoms with E-state index in [9.17, 15) is 19.8 Å². The molecule has 4 rings (SSSR count). The Hall–Kier alpha value is -3.72. The molecule has 0 saturated carbocycles. The van der Waals surface area contributed by atoms with E-state index in [4.69, 9.17) is 4.74 Å². The van der Waals surface area contributed by atoms with Crippen molar-refractivity contribution < 1.29 is 24.5 Å². The van der Waals surface area contributed by atoms with Crippen molar-refractivity contribution in [1.29, 1.82) is 0 Å². The first kappa shape index (κ1) is 20.5. The van der Waals surface area contributed by atoms with E-state index in [2.05, 4.69) is 10.2 Å². The number of aryl methyl sites for hydroxylation is 1. The average molecular weight is 437 g/mol. The predicted octanol–water partition coefficient (Wildman–Crippen LogP) is 3.58. The lowest BCUT2D eigenvalue weighted by molar-refractivity contribution is -0.132. The monoisotopic (exact) mass is 437 g/mol. The number of aromatic nitrogens is 2. The number of ether oxygens (including phenoxy) is 1. The number of nitrogens with zero attached hydrogens (tertiary/aromatic N) is 3. The van der Waals surface area contributed by atoms with Crippen molar-refractivity contribution in [1.82, 2.24) is 10.2 Å². The molecule has 2 N–H and O–H groups in total. The number of aliphatic hydroxyl groups excluding tert-OH is 1. The zero-order valence-corrected chi connectivity index (χ0v) is 17.6. The molecule has 8 nitrogen and oxygen atoms in total. The molecule has 0 spiro atoms. The number of ketones is 1. The Labute approximate surface area is 182 Å². The number of aromatic hydroxyl groups is 1. The maximum Gasteiger partial charge on any atom is 0.301 e. The van der Waals surface area contributed by atoms with Gasteiger partial charge in [-0.05, 0) is 31.5 Å². The molecule has 31 heavy (non-hydrogen) atoms. The van der Waals surface area contributed by atoms with E-state index in [0.717, 1.165) is 16.9 Å². The molecule has 0 unspecified atom stereocenters. The van der Waals surface area contributed by atoms with Gasteiger partial charge < -0.3 is 14.9 Å². The summed E-state index contributed by atoms with van der Waals surface area (Å²) in [6, 6.07) is 10.6. The quantitative estimate of drug-likeness (QED) is 0.356. The molecule has 9 heteroatoms. The summed E-state index contributed by atoms with van der Waals surface area (Å²) in [5, 5.41) is 29.1. The molecule has 1 fully saturated rings. The second-order valence-electron chi connectivity index (χ2n) is 6.92. The molecular formula is C22H19N3O5S. The molecule has 158 valence electrons. The molecule has 1 aliphatic rings. The number of phenols is 1. The van der Waals surface area contributed by atoms with Gasteiger partial charge in [-0.25, -0.2) is 0 Å². The van der Waals surface area contributed by atoms with Crippen molar-refractivity contribution in [3.05, 3.63) is 70.2 Å². The van der Waals surface area contributed by atoms with Crippen molar-refractivity contribution >= 4 is 33.9 Å². The summed E-state index contributed by atoms with van der Waals surface area (Å²) in [7, 11) is 0. The Morgan fingerprint density at radius 1 is 1.19 bits per heavy atom. The lowest BCUT2D eigenvalue weighted by Gasteiger charge is -2.23. The second-order valence-corrected chi connectivity index (χ2v) is 7.73. The highest BCUT2D eigenvalue weighted by Gasteiger charge is 2.48. The van der Waals surface area contributed by atoms with Crippen LogP contribution in [-0.4, -0.2) is 38.7 Å². The first-order valence-electron chi connectivity index (χ1n) is 9.52. The van der Waals surface area contributed by atoms with Gasteiger partial charge in [0.25, 0.3) is 5.78 Å². The fourth-order valence-electron chi connectivity index (χ4n) is 3.46. The number of benzene rings is 2. The van der Waals surface area contributed by atoms with Gasteiger partial charge in [-0.1, -0.05) is 47.2 Å². The Morgan fingerprint density at radius 3 is 2.58 bits per heavy atom. The minimum absolute atomic E-state index is 0.0720. The van der Waals surface area contributed by atoms with Crippen LogP contribution in [0.25, 0.3) is 5.76 Å². The molecule has 1 aliphatic heterocycles. The molecule has 0 bridgehead atoms. The molecule has 1 amide bonds. The lowest BCUT2D eigenvalue weighted by Crippen LogP contribution is -2.29. The zero-order chi connectivity index (χ0) is 22.1. The Balaban J connectivity index is 1.94.